The molecule has 26 heavy (non-hydrogen) atoms. The van der Waals surface area contributed by atoms with Crippen molar-refractivity contribution in [2.75, 3.05) is 26.4 Å². The van der Waals surface area contributed by atoms with Crippen molar-refractivity contribution >= 4 is 0 Å². The Morgan fingerprint density at radius 2 is 1.77 bits per heavy atom. The van der Waals surface area contributed by atoms with E-state index in [1.807, 2.05) is 18.2 Å². The van der Waals surface area contributed by atoms with Gasteiger partial charge in [0.15, 0.2) is 11.5 Å². The second-order valence-corrected chi connectivity index (χ2v) is 6.32. The van der Waals surface area contributed by atoms with E-state index in [9.17, 15) is 0 Å². The zero-order valence-corrected chi connectivity index (χ0v) is 16.4. The van der Waals surface area contributed by atoms with Gasteiger partial charge in [0.2, 0.25) is 0 Å². The molecule has 146 valence electrons. The van der Waals surface area contributed by atoms with Crippen molar-refractivity contribution in [1.29, 1.82) is 0 Å². The third-order valence-corrected chi connectivity index (χ3v) is 4.23. The van der Waals surface area contributed by atoms with E-state index in [1.54, 1.807) is 0 Å². The Morgan fingerprint density at radius 3 is 2.38 bits per heavy atom. The molecular weight excluding hydrogens is 328 g/mol. The minimum Gasteiger partial charge on any atom is -0.487 e. The number of unbranched alkanes of at least 4 members (excludes halogenated alkanes) is 2. The van der Waals surface area contributed by atoms with E-state index in [0.717, 1.165) is 12.0 Å². The van der Waals surface area contributed by atoms with E-state index in [1.165, 1.54) is 24.8 Å². The second kappa shape index (κ2) is 13.4. The van der Waals surface area contributed by atoms with Crippen LogP contribution >= 0.6 is 0 Å². The van der Waals surface area contributed by atoms with Crippen LogP contribution in [0.25, 0.3) is 0 Å². The van der Waals surface area contributed by atoms with Gasteiger partial charge < -0.3 is 19.7 Å². The maximum Gasteiger partial charge on any atom is 0.161 e. The van der Waals surface area contributed by atoms with Gasteiger partial charge >= 0.3 is 0 Å². The zero-order valence-electron chi connectivity index (χ0n) is 16.4. The molecule has 4 heteroatoms. The number of benzene rings is 1. The lowest BCUT2D eigenvalue weighted by molar-refractivity contribution is 0.178. The Hall–Kier alpha value is -1.78. The quantitative estimate of drug-likeness (QED) is 0.397. The predicted octanol–water partition coefficient (Wildman–Crippen LogP) is 4.62. The van der Waals surface area contributed by atoms with Gasteiger partial charge in [-0.25, -0.2) is 0 Å². The van der Waals surface area contributed by atoms with Crippen LogP contribution in [-0.2, 0) is 0 Å². The molecule has 1 aromatic carbocycles. The molecule has 0 fully saturated rings. The molecule has 0 radical (unpaired) electrons. The monoisotopic (exact) mass is 362 g/mol. The number of ether oxygens (including phenoxy) is 2. The van der Waals surface area contributed by atoms with E-state index < -0.39 is 0 Å². The smallest absolute Gasteiger partial charge is 0.161 e. The Labute approximate surface area is 158 Å². The summed E-state index contributed by atoms with van der Waals surface area (Å²) in [5.74, 6) is 1.42. The van der Waals surface area contributed by atoms with Crippen LogP contribution in [0.15, 0.2) is 42.0 Å². The van der Waals surface area contributed by atoms with E-state index in [2.05, 4.69) is 39.0 Å². The summed E-state index contributed by atoms with van der Waals surface area (Å²) < 4.78 is 11.1. The van der Waals surface area contributed by atoms with Gasteiger partial charge in [0.05, 0.1) is 13.2 Å². The number of hydrogen-bond donors (Lipinski definition) is 2. The van der Waals surface area contributed by atoms with Crippen molar-refractivity contribution in [3.63, 3.8) is 0 Å². The van der Waals surface area contributed by atoms with Gasteiger partial charge in [-0.15, -0.1) is 0 Å². The highest BCUT2D eigenvalue weighted by atomic mass is 16.5. The molecule has 1 unspecified atom stereocenters. The molecule has 2 N–H and O–H groups in total. The van der Waals surface area contributed by atoms with Crippen LogP contribution in [0, 0.1) is 0 Å². The first-order valence-corrected chi connectivity index (χ1v) is 9.60. The van der Waals surface area contributed by atoms with Crippen LogP contribution in [0.5, 0.6) is 11.5 Å². The van der Waals surface area contributed by atoms with Crippen LogP contribution in [0.1, 0.15) is 57.9 Å². The SMILES string of the molecule is C/C=C(\C=C/C(C)c1ccc(OCCO)c(OCCO)c1)CCCCC. The first-order chi connectivity index (χ1) is 12.7. The molecular formula is C22H34O4. The van der Waals surface area contributed by atoms with Gasteiger partial charge in [-0.05, 0) is 43.4 Å². The molecule has 0 spiro atoms. The number of allylic oxidation sites excluding steroid dienone is 4. The summed E-state index contributed by atoms with van der Waals surface area (Å²) in [6.45, 7) is 6.78. The van der Waals surface area contributed by atoms with Gasteiger partial charge in [0.1, 0.15) is 13.2 Å². The molecule has 0 aliphatic heterocycles. The first-order valence-electron chi connectivity index (χ1n) is 9.60. The lowest BCUT2D eigenvalue weighted by Crippen LogP contribution is -2.07. The third-order valence-electron chi connectivity index (χ3n) is 4.23. The maximum atomic E-state index is 9.01. The highest BCUT2D eigenvalue weighted by molar-refractivity contribution is 5.45. The number of aliphatic hydroxyl groups excluding tert-OH is 2. The summed E-state index contributed by atoms with van der Waals surface area (Å²) in [4.78, 5) is 0. The summed E-state index contributed by atoms with van der Waals surface area (Å²) >= 11 is 0. The molecule has 1 rings (SSSR count). The summed E-state index contributed by atoms with van der Waals surface area (Å²) in [7, 11) is 0. The zero-order chi connectivity index (χ0) is 19.2. The fraction of sp³-hybridized carbons (Fsp3) is 0.545. The van der Waals surface area contributed by atoms with E-state index in [-0.39, 0.29) is 32.3 Å². The highest BCUT2D eigenvalue weighted by Crippen LogP contribution is 2.32. The number of aliphatic hydroxyl groups is 2. The minimum absolute atomic E-state index is 0.0511. The Morgan fingerprint density at radius 1 is 1.08 bits per heavy atom. The summed E-state index contributed by atoms with van der Waals surface area (Å²) in [5, 5.41) is 18.0. The van der Waals surface area contributed by atoms with Crippen molar-refractivity contribution in [2.24, 2.45) is 0 Å². The maximum absolute atomic E-state index is 9.01. The van der Waals surface area contributed by atoms with Crippen LogP contribution in [0.2, 0.25) is 0 Å². The molecule has 0 amide bonds. The average Bonchev–Trinajstić information content (AvgIpc) is 2.67. The predicted molar refractivity (Wildman–Crippen MR) is 107 cm³/mol. The third kappa shape index (κ3) is 8.07. The Balaban J connectivity index is 2.83. The topological polar surface area (TPSA) is 58.9 Å². The Bertz CT molecular complexity index is 563. The number of rotatable bonds is 13. The molecule has 0 aromatic heterocycles. The standard InChI is InChI=1S/C22H34O4/c1-4-6-7-8-19(5-2)10-9-18(3)20-11-12-21(25-15-13-23)22(17-20)26-16-14-24/h5,9-12,17-18,23-24H,4,6-8,13-16H2,1-3H3/b10-9-,19-5-. The fourth-order valence-corrected chi connectivity index (χ4v) is 2.63. The van der Waals surface area contributed by atoms with Crippen LogP contribution in [-0.4, -0.2) is 36.6 Å². The minimum atomic E-state index is -0.0540. The van der Waals surface area contributed by atoms with Gasteiger partial charge in [0.25, 0.3) is 0 Å². The normalized spacial score (nSPS) is 13.2. The molecule has 0 bridgehead atoms. The number of hydrogen-bond acceptors (Lipinski definition) is 4. The van der Waals surface area contributed by atoms with E-state index in [4.69, 9.17) is 19.7 Å². The van der Waals surface area contributed by atoms with Gasteiger partial charge in [-0.3, -0.25) is 0 Å². The molecule has 1 aromatic rings. The average molecular weight is 363 g/mol. The molecule has 0 aliphatic carbocycles. The van der Waals surface area contributed by atoms with Crippen molar-refractivity contribution in [1.82, 2.24) is 0 Å². The molecule has 0 saturated carbocycles. The van der Waals surface area contributed by atoms with Gasteiger partial charge in [0, 0.05) is 0 Å². The molecule has 1 atom stereocenters. The highest BCUT2D eigenvalue weighted by Gasteiger charge is 2.10. The Kier molecular flexibility index (Phi) is 11.5. The fourth-order valence-electron chi connectivity index (χ4n) is 2.63. The molecule has 4 nitrogen and oxygen atoms in total. The van der Waals surface area contributed by atoms with E-state index in [0.29, 0.717) is 11.5 Å². The lowest BCUT2D eigenvalue weighted by atomic mass is 9.98. The van der Waals surface area contributed by atoms with Gasteiger partial charge in [-0.2, -0.15) is 0 Å². The molecule has 0 heterocycles. The van der Waals surface area contributed by atoms with Crippen LogP contribution in [0.3, 0.4) is 0 Å². The summed E-state index contributed by atoms with van der Waals surface area (Å²) in [6, 6.07) is 5.82. The van der Waals surface area contributed by atoms with Crippen LogP contribution < -0.4 is 9.47 Å². The van der Waals surface area contributed by atoms with Crippen molar-refractivity contribution in [3.8, 4) is 11.5 Å². The second-order valence-electron chi connectivity index (χ2n) is 6.32. The lowest BCUT2D eigenvalue weighted by Gasteiger charge is -2.15. The molecule has 0 saturated heterocycles. The van der Waals surface area contributed by atoms with Crippen molar-refractivity contribution in [3.05, 3.63) is 47.6 Å². The first kappa shape index (κ1) is 22.3. The van der Waals surface area contributed by atoms with Crippen molar-refractivity contribution in [2.45, 2.75) is 52.4 Å². The summed E-state index contributed by atoms with van der Waals surface area (Å²) in [5.41, 5.74) is 2.49. The largest absolute Gasteiger partial charge is 0.487 e. The van der Waals surface area contributed by atoms with Crippen molar-refractivity contribution < 1.29 is 19.7 Å². The summed E-state index contributed by atoms with van der Waals surface area (Å²) in [6.07, 6.45) is 11.4. The van der Waals surface area contributed by atoms with Gasteiger partial charge in [-0.1, -0.05) is 56.6 Å². The van der Waals surface area contributed by atoms with Crippen LogP contribution in [0.4, 0.5) is 0 Å². The molecule has 0 aliphatic rings. The van der Waals surface area contributed by atoms with E-state index >= 15 is 0 Å².